The molecule has 0 fully saturated rings. The molecule has 0 aliphatic rings. The molecule has 1 rings (SSSR count). The lowest BCUT2D eigenvalue weighted by molar-refractivity contribution is 0.0993. The molecule has 0 amide bonds. The third-order valence-corrected chi connectivity index (χ3v) is 1.88. The molecular formula is C10H14N2O2. The number of aromatic nitrogens is 1. The first-order valence-corrected chi connectivity index (χ1v) is 4.37. The zero-order chi connectivity index (χ0) is 10.6. The molecule has 4 nitrogen and oxygen atoms in total. The monoisotopic (exact) mass is 194 g/mol. The number of carbonyl (C=O) groups excluding carboxylic acids is 1. The van der Waals surface area contributed by atoms with E-state index in [1.807, 2.05) is 6.92 Å². The Morgan fingerprint density at radius 1 is 1.64 bits per heavy atom. The molecule has 0 saturated heterocycles. The molecule has 0 saturated carbocycles. The fraction of sp³-hybridized carbons (Fsp3) is 0.400. The van der Waals surface area contributed by atoms with Gasteiger partial charge in [0.25, 0.3) is 0 Å². The van der Waals surface area contributed by atoms with Crippen LogP contribution in [0.4, 0.5) is 0 Å². The lowest BCUT2D eigenvalue weighted by atomic mass is 10.1. The molecule has 0 bridgehead atoms. The summed E-state index contributed by atoms with van der Waals surface area (Å²) in [7, 11) is 3.30. The van der Waals surface area contributed by atoms with Crippen LogP contribution in [0.2, 0.25) is 0 Å². The number of ketones is 1. The van der Waals surface area contributed by atoms with Gasteiger partial charge in [-0.2, -0.15) is 0 Å². The van der Waals surface area contributed by atoms with E-state index in [4.69, 9.17) is 4.74 Å². The molecule has 0 radical (unpaired) electrons. The third kappa shape index (κ3) is 2.29. The van der Waals surface area contributed by atoms with Crippen molar-refractivity contribution >= 4 is 5.78 Å². The number of ether oxygens (including phenoxy) is 1. The predicted molar refractivity (Wildman–Crippen MR) is 53.8 cm³/mol. The quantitative estimate of drug-likeness (QED) is 0.720. The van der Waals surface area contributed by atoms with E-state index in [1.165, 1.54) is 6.20 Å². The van der Waals surface area contributed by atoms with Crippen LogP contribution < -0.4 is 10.1 Å². The summed E-state index contributed by atoms with van der Waals surface area (Å²) >= 11 is 0. The maximum Gasteiger partial charge on any atom is 0.215 e. The number of nitrogens with one attached hydrogen (secondary N) is 1. The van der Waals surface area contributed by atoms with Crippen molar-refractivity contribution in [3.8, 4) is 5.88 Å². The molecule has 0 spiro atoms. The van der Waals surface area contributed by atoms with Gasteiger partial charge < -0.3 is 10.1 Å². The van der Waals surface area contributed by atoms with Crippen molar-refractivity contribution in [3.05, 3.63) is 23.4 Å². The Morgan fingerprint density at radius 2 is 2.36 bits per heavy atom. The van der Waals surface area contributed by atoms with E-state index < -0.39 is 0 Å². The van der Waals surface area contributed by atoms with Gasteiger partial charge in [-0.25, -0.2) is 4.98 Å². The maximum atomic E-state index is 11.5. The van der Waals surface area contributed by atoms with Gasteiger partial charge in [-0.1, -0.05) is 0 Å². The number of likely N-dealkylation sites (N-methyl/N-ethyl adjacent to an activating group) is 1. The SMILES string of the molecule is CNCC(=O)c1cnc(OC)c(C)c1. The van der Waals surface area contributed by atoms with Crippen molar-refractivity contribution < 1.29 is 9.53 Å². The number of hydrogen-bond donors (Lipinski definition) is 1. The van der Waals surface area contributed by atoms with Crippen molar-refractivity contribution in [1.82, 2.24) is 10.3 Å². The molecule has 76 valence electrons. The van der Waals surface area contributed by atoms with Gasteiger partial charge in [0.1, 0.15) is 0 Å². The first-order chi connectivity index (χ1) is 6.69. The van der Waals surface area contributed by atoms with Gasteiger partial charge in [0.2, 0.25) is 5.88 Å². The zero-order valence-electron chi connectivity index (χ0n) is 8.63. The fourth-order valence-electron chi connectivity index (χ4n) is 1.19. The summed E-state index contributed by atoms with van der Waals surface area (Å²) in [6, 6.07) is 1.78. The van der Waals surface area contributed by atoms with Crippen LogP contribution >= 0.6 is 0 Å². The Bertz CT molecular complexity index is 337. The maximum absolute atomic E-state index is 11.5. The lowest BCUT2D eigenvalue weighted by Crippen LogP contribution is -2.18. The highest BCUT2D eigenvalue weighted by atomic mass is 16.5. The number of methoxy groups -OCH3 is 1. The first-order valence-electron chi connectivity index (χ1n) is 4.37. The number of pyridine rings is 1. The normalized spacial score (nSPS) is 9.93. The van der Waals surface area contributed by atoms with E-state index in [0.717, 1.165) is 5.56 Å². The number of nitrogens with zero attached hydrogens (tertiary/aromatic N) is 1. The Kier molecular flexibility index (Phi) is 3.59. The lowest BCUT2D eigenvalue weighted by Gasteiger charge is -2.05. The van der Waals surface area contributed by atoms with Crippen molar-refractivity contribution in [3.63, 3.8) is 0 Å². The third-order valence-electron chi connectivity index (χ3n) is 1.88. The summed E-state index contributed by atoms with van der Waals surface area (Å²) in [5.74, 6) is 0.594. The van der Waals surface area contributed by atoms with E-state index >= 15 is 0 Å². The van der Waals surface area contributed by atoms with Crippen molar-refractivity contribution in [1.29, 1.82) is 0 Å². The van der Waals surface area contributed by atoms with E-state index in [9.17, 15) is 4.79 Å². The van der Waals surface area contributed by atoms with Gasteiger partial charge >= 0.3 is 0 Å². The largest absolute Gasteiger partial charge is 0.481 e. The van der Waals surface area contributed by atoms with Gasteiger partial charge in [0, 0.05) is 17.3 Å². The van der Waals surface area contributed by atoms with Crippen LogP contribution in [0.15, 0.2) is 12.3 Å². The number of Topliss-reactive ketones (excluding diaryl/α,β-unsaturated/α-hetero) is 1. The summed E-state index contributed by atoms with van der Waals surface area (Å²) in [6.07, 6.45) is 1.53. The van der Waals surface area contributed by atoms with Crippen LogP contribution in [-0.2, 0) is 0 Å². The number of hydrogen-bond acceptors (Lipinski definition) is 4. The highest BCUT2D eigenvalue weighted by Crippen LogP contribution is 2.14. The minimum atomic E-state index is 0.0331. The molecule has 0 atom stereocenters. The molecule has 1 aromatic heterocycles. The number of carbonyl (C=O) groups is 1. The average Bonchev–Trinajstić information content (AvgIpc) is 2.18. The van der Waals surface area contributed by atoms with Crippen LogP contribution in [0, 0.1) is 6.92 Å². The summed E-state index contributed by atoms with van der Waals surface area (Å²) in [4.78, 5) is 15.5. The molecule has 14 heavy (non-hydrogen) atoms. The molecule has 0 aliphatic carbocycles. The van der Waals surface area contributed by atoms with Crippen LogP contribution in [0.5, 0.6) is 5.88 Å². The highest BCUT2D eigenvalue weighted by Gasteiger charge is 2.07. The van der Waals surface area contributed by atoms with Crippen LogP contribution in [0.1, 0.15) is 15.9 Å². The smallest absolute Gasteiger partial charge is 0.215 e. The Labute approximate surface area is 83.3 Å². The predicted octanol–water partition coefficient (Wildman–Crippen LogP) is 0.801. The highest BCUT2D eigenvalue weighted by molar-refractivity contribution is 5.97. The Hall–Kier alpha value is -1.42. The number of aryl methyl sites for hydroxylation is 1. The van der Waals surface area contributed by atoms with Crippen molar-refractivity contribution in [2.24, 2.45) is 0 Å². The van der Waals surface area contributed by atoms with Crippen LogP contribution in [0.3, 0.4) is 0 Å². The summed E-state index contributed by atoms with van der Waals surface area (Å²) in [5, 5.41) is 2.81. The second-order valence-electron chi connectivity index (χ2n) is 3.00. The van der Waals surface area contributed by atoms with E-state index in [-0.39, 0.29) is 5.78 Å². The van der Waals surface area contributed by atoms with E-state index in [0.29, 0.717) is 18.0 Å². The standard InChI is InChI=1S/C10H14N2O2/c1-7-4-8(9(13)6-11-2)5-12-10(7)14-3/h4-5,11H,6H2,1-3H3. The van der Waals surface area contributed by atoms with Gasteiger partial charge in [-0.05, 0) is 20.0 Å². The average molecular weight is 194 g/mol. The van der Waals surface area contributed by atoms with Gasteiger partial charge in [0.15, 0.2) is 5.78 Å². The molecular weight excluding hydrogens is 180 g/mol. The number of rotatable bonds is 4. The van der Waals surface area contributed by atoms with Crippen LogP contribution in [-0.4, -0.2) is 31.5 Å². The summed E-state index contributed by atoms with van der Waals surface area (Å²) in [5.41, 5.74) is 1.48. The van der Waals surface area contributed by atoms with Gasteiger partial charge in [-0.15, -0.1) is 0 Å². The van der Waals surface area contributed by atoms with Crippen molar-refractivity contribution in [2.45, 2.75) is 6.92 Å². The molecule has 1 heterocycles. The van der Waals surface area contributed by atoms with Crippen molar-refractivity contribution in [2.75, 3.05) is 20.7 Å². The molecule has 4 heteroatoms. The van der Waals surface area contributed by atoms with Gasteiger partial charge in [0.05, 0.1) is 13.7 Å². The summed E-state index contributed by atoms with van der Waals surface area (Å²) in [6.45, 7) is 2.19. The fourth-order valence-corrected chi connectivity index (χ4v) is 1.19. The first kappa shape index (κ1) is 10.7. The minimum absolute atomic E-state index is 0.0331. The van der Waals surface area contributed by atoms with E-state index in [1.54, 1.807) is 20.2 Å². The molecule has 1 N–H and O–H groups in total. The minimum Gasteiger partial charge on any atom is -0.481 e. The molecule has 0 aliphatic heterocycles. The molecule has 0 unspecified atom stereocenters. The topological polar surface area (TPSA) is 51.2 Å². The van der Waals surface area contributed by atoms with Crippen LogP contribution in [0.25, 0.3) is 0 Å². The zero-order valence-corrected chi connectivity index (χ0v) is 8.63. The van der Waals surface area contributed by atoms with Gasteiger partial charge in [-0.3, -0.25) is 4.79 Å². The second kappa shape index (κ2) is 4.72. The Morgan fingerprint density at radius 3 is 2.86 bits per heavy atom. The molecule has 1 aromatic rings. The second-order valence-corrected chi connectivity index (χ2v) is 3.00. The van der Waals surface area contributed by atoms with E-state index in [2.05, 4.69) is 10.3 Å². The Balaban J connectivity index is 2.91. The summed E-state index contributed by atoms with van der Waals surface area (Å²) < 4.78 is 5.00. The molecule has 0 aromatic carbocycles.